The molecule has 2 aliphatic heterocycles. The van der Waals surface area contributed by atoms with Crippen LogP contribution < -0.4 is 25.5 Å². The minimum atomic E-state index is -0.126. The topological polar surface area (TPSA) is 6.48 Å². The maximum Gasteiger partial charge on any atom is 0.264 e. The summed E-state index contributed by atoms with van der Waals surface area (Å²) < 4.78 is 2.76. The van der Waals surface area contributed by atoms with E-state index in [9.17, 15) is 0 Å². The van der Waals surface area contributed by atoms with Crippen molar-refractivity contribution in [3.05, 3.63) is 197 Å². The largest absolute Gasteiger partial charge is 0.311 e. The molecule has 0 radical (unpaired) electrons. The Kier molecular flexibility index (Phi) is 9.42. The predicted octanol–water partition coefficient (Wildman–Crippen LogP) is 17.2. The van der Waals surface area contributed by atoms with Crippen molar-refractivity contribution in [2.45, 2.75) is 117 Å². The van der Waals surface area contributed by atoms with Crippen LogP contribution in [0.2, 0.25) is 0 Å². The van der Waals surface area contributed by atoms with Gasteiger partial charge in [-0.15, -0.1) is 11.3 Å². The average Bonchev–Trinajstić information content (AvgIpc) is 3.91. The highest BCUT2D eigenvalue weighted by atomic mass is 32.1. The standard InChI is InChI=1S/C68H65BN2S/c1-64(2,3)42-23-28-45(29-24-42)70-57-33-27-44(66(7,8)9)37-56(57)69-61-58(70)35-41(40-22-32-49-47-18-14-16-20-52(47)67(10,11)54(49)34-40)36-59(61)71(46-30-25-43(26-31-46)65(4,5)6)62-51-38-50-48-19-15-17-21-53(48)68(12,13)55(50)39-60(51)72-63(62)69/h14-39H,1-13H3. The summed E-state index contributed by atoms with van der Waals surface area (Å²) in [5.41, 5.74) is 27.4. The number of hydrogen-bond acceptors (Lipinski definition) is 3. The van der Waals surface area contributed by atoms with E-state index in [1.54, 1.807) is 0 Å². The Morgan fingerprint density at radius 2 is 0.917 bits per heavy atom. The summed E-state index contributed by atoms with van der Waals surface area (Å²) in [5, 5.41) is 1.32. The molecular formula is C68H65BN2S. The van der Waals surface area contributed by atoms with Gasteiger partial charge < -0.3 is 9.80 Å². The first kappa shape index (κ1) is 45.3. The number of benzene rings is 8. The monoisotopic (exact) mass is 952 g/mol. The van der Waals surface area contributed by atoms with Gasteiger partial charge in [-0.3, -0.25) is 0 Å². The van der Waals surface area contributed by atoms with E-state index in [4.69, 9.17) is 0 Å². The van der Waals surface area contributed by atoms with E-state index < -0.39 is 0 Å². The second-order valence-corrected chi connectivity index (χ2v) is 26.5. The van der Waals surface area contributed by atoms with Crippen LogP contribution >= 0.6 is 11.3 Å². The predicted molar refractivity (Wildman–Crippen MR) is 313 cm³/mol. The Hall–Kier alpha value is -6.62. The fourth-order valence-electron chi connectivity index (χ4n) is 13.0. The molecule has 13 rings (SSSR count). The van der Waals surface area contributed by atoms with Crippen molar-refractivity contribution in [2.75, 3.05) is 9.80 Å². The van der Waals surface area contributed by atoms with Crippen molar-refractivity contribution in [3.8, 4) is 33.4 Å². The molecule has 3 heterocycles. The fraction of sp³-hybridized carbons (Fsp3) is 0.265. The molecular weight excluding hydrogens is 888 g/mol. The fourth-order valence-corrected chi connectivity index (χ4v) is 14.3. The second kappa shape index (κ2) is 15.0. The lowest BCUT2D eigenvalue weighted by Gasteiger charge is -2.44. The highest BCUT2D eigenvalue weighted by Gasteiger charge is 2.47. The van der Waals surface area contributed by atoms with Crippen LogP contribution in [0.15, 0.2) is 158 Å². The van der Waals surface area contributed by atoms with Gasteiger partial charge in [-0.05, 0) is 160 Å². The summed E-state index contributed by atoms with van der Waals surface area (Å²) in [6, 6.07) is 62.0. The van der Waals surface area contributed by atoms with Crippen molar-refractivity contribution in [3.63, 3.8) is 0 Å². The van der Waals surface area contributed by atoms with Gasteiger partial charge in [-0.1, -0.05) is 187 Å². The van der Waals surface area contributed by atoms with Gasteiger partial charge in [0.15, 0.2) is 0 Å². The van der Waals surface area contributed by atoms with E-state index in [1.165, 1.54) is 132 Å². The van der Waals surface area contributed by atoms with Gasteiger partial charge in [0.2, 0.25) is 0 Å². The summed E-state index contributed by atoms with van der Waals surface area (Å²) in [7, 11) is 0. The van der Waals surface area contributed by atoms with Crippen LogP contribution in [0.3, 0.4) is 0 Å². The third-order valence-corrected chi connectivity index (χ3v) is 18.3. The van der Waals surface area contributed by atoms with E-state index in [1.807, 2.05) is 11.3 Å². The Bertz CT molecular complexity index is 3750. The quantitative estimate of drug-likeness (QED) is 0.163. The van der Waals surface area contributed by atoms with E-state index in [2.05, 4.69) is 258 Å². The van der Waals surface area contributed by atoms with Crippen LogP contribution in [-0.2, 0) is 27.1 Å². The molecule has 2 aliphatic carbocycles. The number of thiophene rings is 1. The van der Waals surface area contributed by atoms with Crippen LogP contribution in [0.1, 0.15) is 129 Å². The molecule has 0 bridgehead atoms. The van der Waals surface area contributed by atoms with Crippen LogP contribution in [0, 0.1) is 0 Å². The minimum absolute atomic E-state index is 0.00698. The molecule has 0 N–H and O–H groups in total. The molecule has 0 amide bonds. The first-order valence-electron chi connectivity index (χ1n) is 26.2. The maximum absolute atomic E-state index is 2.67. The zero-order valence-electron chi connectivity index (χ0n) is 44.4. The summed E-state index contributed by atoms with van der Waals surface area (Å²) in [4.78, 5) is 5.28. The first-order valence-corrected chi connectivity index (χ1v) is 27.0. The zero-order chi connectivity index (χ0) is 50.2. The molecule has 0 unspecified atom stereocenters. The SMILES string of the molecule is CC(C)(C)c1ccc(N2c3ccc(C(C)(C)C)cc3B3c4sc5cc6c(cc5c4N(c4ccc(C(C)(C)C)cc4)c4cc(-c5ccc7c(c5)C(C)(C)c5ccccc5-7)cc2c43)-c2ccccc2C6(C)C)cc1. The summed E-state index contributed by atoms with van der Waals surface area (Å²) in [6.07, 6.45) is 0. The summed E-state index contributed by atoms with van der Waals surface area (Å²) >= 11 is 2.02. The lowest BCUT2D eigenvalue weighted by molar-refractivity contribution is 0.590. The Labute approximate surface area is 432 Å². The highest BCUT2D eigenvalue weighted by Crippen LogP contribution is 2.55. The molecule has 356 valence electrons. The first-order chi connectivity index (χ1) is 34.1. The van der Waals surface area contributed by atoms with E-state index in [-0.39, 0.29) is 33.8 Å². The molecule has 0 saturated carbocycles. The molecule has 4 heteroatoms. The molecule has 0 atom stereocenters. The van der Waals surface area contributed by atoms with Crippen molar-refractivity contribution in [2.24, 2.45) is 0 Å². The minimum Gasteiger partial charge on any atom is -0.311 e. The van der Waals surface area contributed by atoms with Gasteiger partial charge in [-0.2, -0.15) is 0 Å². The molecule has 8 aromatic carbocycles. The summed E-state index contributed by atoms with van der Waals surface area (Å²) in [6.45, 7) is 30.6. The molecule has 72 heavy (non-hydrogen) atoms. The van der Waals surface area contributed by atoms with Crippen molar-refractivity contribution >= 4 is 78.0 Å². The van der Waals surface area contributed by atoms with Gasteiger partial charge in [-0.25, -0.2) is 0 Å². The van der Waals surface area contributed by atoms with Crippen LogP contribution in [0.5, 0.6) is 0 Å². The van der Waals surface area contributed by atoms with Crippen molar-refractivity contribution in [1.82, 2.24) is 0 Å². The third kappa shape index (κ3) is 6.46. The number of anilines is 6. The van der Waals surface area contributed by atoms with Gasteiger partial charge >= 0.3 is 0 Å². The molecule has 0 fully saturated rings. The number of fused-ring (bicyclic) bond motifs is 12. The van der Waals surface area contributed by atoms with Crippen molar-refractivity contribution < 1.29 is 0 Å². The van der Waals surface area contributed by atoms with Crippen LogP contribution in [0.25, 0.3) is 43.5 Å². The number of rotatable bonds is 3. The Morgan fingerprint density at radius 3 is 1.50 bits per heavy atom. The van der Waals surface area contributed by atoms with Gasteiger partial charge in [0.25, 0.3) is 6.71 Å². The molecule has 0 spiro atoms. The molecule has 0 saturated heterocycles. The molecule has 9 aromatic rings. The highest BCUT2D eigenvalue weighted by molar-refractivity contribution is 7.33. The normalized spacial score (nSPS) is 15.7. The Morgan fingerprint density at radius 1 is 0.417 bits per heavy atom. The van der Waals surface area contributed by atoms with Gasteiger partial charge in [0.05, 0.1) is 5.69 Å². The Balaban J connectivity index is 1.15. The third-order valence-electron chi connectivity index (χ3n) is 17.1. The summed E-state index contributed by atoms with van der Waals surface area (Å²) in [5.74, 6) is 0. The van der Waals surface area contributed by atoms with E-state index >= 15 is 0 Å². The van der Waals surface area contributed by atoms with E-state index in [0.29, 0.717) is 0 Å². The lowest BCUT2D eigenvalue weighted by atomic mass is 9.36. The number of nitrogens with zero attached hydrogens (tertiary/aromatic N) is 2. The number of hydrogen-bond donors (Lipinski definition) is 0. The molecule has 2 nitrogen and oxygen atoms in total. The van der Waals surface area contributed by atoms with Crippen LogP contribution in [-0.4, -0.2) is 6.71 Å². The maximum atomic E-state index is 2.67. The second-order valence-electron chi connectivity index (χ2n) is 25.5. The average molecular weight is 953 g/mol. The smallest absolute Gasteiger partial charge is 0.264 e. The van der Waals surface area contributed by atoms with Gasteiger partial charge in [0.1, 0.15) is 0 Å². The van der Waals surface area contributed by atoms with Crippen LogP contribution in [0.4, 0.5) is 34.1 Å². The zero-order valence-corrected chi connectivity index (χ0v) is 45.2. The van der Waals surface area contributed by atoms with Gasteiger partial charge in [0, 0.05) is 54.1 Å². The van der Waals surface area contributed by atoms with E-state index in [0.717, 1.165) is 0 Å². The lowest BCUT2D eigenvalue weighted by Crippen LogP contribution is -2.60. The molecule has 4 aliphatic rings. The van der Waals surface area contributed by atoms with Crippen molar-refractivity contribution in [1.29, 1.82) is 0 Å². The molecule has 1 aromatic heterocycles.